The lowest BCUT2D eigenvalue weighted by molar-refractivity contribution is 0.309. The summed E-state index contributed by atoms with van der Waals surface area (Å²) in [6, 6.07) is 11.8. The smallest absolute Gasteiger partial charge is 0.127 e. The van der Waals surface area contributed by atoms with Crippen LogP contribution in [-0.2, 0) is 0 Å². The summed E-state index contributed by atoms with van der Waals surface area (Å²) in [5.74, 6) is 3.28. The normalized spacial score (nSPS) is 10.5. The number of ether oxygens (including phenoxy) is 4. The average molecular weight is 358 g/mol. The van der Waals surface area contributed by atoms with Crippen molar-refractivity contribution in [3.63, 3.8) is 0 Å². The minimum Gasteiger partial charge on any atom is -0.494 e. The first-order valence-electron chi connectivity index (χ1n) is 9.53. The van der Waals surface area contributed by atoms with Gasteiger partial charge in [-0.2, -0.15) is 0 Å². The van der Waals surface area contributed by atoms with Crippen molar-refractivity contribution in [1.82, 2.24) is 0 Å². The summed E-state index contributed by atoms with van der Waals surface area (Å²) in [6.07, 6.45) is 1.91. The van der Waals surface area contributed by atoms with E-state index < -0.39 is 0 Å². The quantitative estimate of drug-likeness (QED) is 0.514. The average Bonchev–Trinajstić information content (AvgIpc) is 2.66. The Labute approximate surface area is 157 Å². The molecule has 0 amide bonds. The molecule has 0 radical (unpaired) electrons. The van der Waals surface area contributed by atoms with Crippen LogP contribution in [0, 0.1) is 0 Å². The maximum atomic E-state index is 5.98. The summed E-state index contributed by atoms with van der Waals surface area (Å²) in [4.78, 5) is 0. The molecule has 4 heteroatoms. The highest BCUT2D eigenvalue weighted by atomic mass is 16.5. The highest BCUT2D eigenvalue weighted by molar-refractivity contribution is 5.78. The lowest BCUT2D eigenvalue weighted by Gasteiger charge is -2.17. The zero-order chi connectivity index (χ0) is 18.8. The second-order valence-electron chi connectivity index (χ2n) is 5.88. The zero-order valence-electron chi connectivity index (χ0n) is 16.3. The van der Waals surface area contributed by atoms with Gasteiger partial charge in [0.15, 0.2) is 0 Å². The molecule has 2 rings (SSSR count). The fraction of sp³-hybridized carbons (Fsp3) is 0.455. The molecule has 0 unspecified atom stereocenters. The van der Waals surface area contributed by atoms with Crippen LogP contribution in [0.4, 0.5) is 0 Å². The Morgan fingerprint density at radius 2 is 1.08 bits per heavy atom. The van der Waals surface area contributed by atoms with Gasteiger partial charge in [-0.05, 0) is 63.1 Å². The van der Waals surface area contributed by atoms with E-state index in [0.717, 1.165) is 47.0 Å². The van der Waals surface area contributed by atoms with Gasteiger partial charge in [-0.1, -0.05) is 13.8 Å². The van der Waals surface area contributed by atoms with Crippen LogP contribution in [0.25, 0.3) is 11.1 Å². The van der Waals surface area contributed by atoms with E-state index in [2.05, 4.69) is 13.8 Å². The Kier molecular flexibility index (Phi) is 8.13. The molecule has 0 heterocycles. The van der Waals surface area contributed by atoms with Gasteiger partial charge in [0, 0.05) is 11.1 Å². The topological polar surface area (TPSA) is 36.9 Å². The van der Waals surface area contributed by atoms with Crippen LogP contribution < -0.4 is 18.9 Å². The highest BCUT2D eigenvalue weighted by Crippen LogP contribution is 2.41. The van der Waals surface area contributed by atoms with Crippen molar-refractivity contribution in [3.05, 3.63) is 36.4 Å². The molecule has 2 aromatic rings. The van der Waals surface area contributed by atoms with Crippen LogP contribution in [-0.4, -0.2) is 26.4 Å². The maximum absolute atomic E-state index is 5.98. The minimum absolute atomic E-state index is 0.595. The Morgan fingerprint density at radius 3 is 1.62 bits per heavy atom. The van der Waals surface area contributed by atoms with E-state index in [0.29, 0.717) is 26.4 Å². The van der Waals surface area contributed by atoms with Crippen molar-refractivity contribution < 1.29 is 18.9 Å². The summed E-state index contributed by atoms with van der Waals surface area (Å²) in [5, 5.41) is 0. The van der Waals surface area contributed by atoms with Crippen molar-refractivity contribution in [2.45, 2.75) is 40.5 Å². The number of rotatable bonds is 11. The highest BCUT2D eigenvalue weighted by Gasteiger charge is 2.15. The largest absolute Gasteiger partial charge is 0.494 e. The van der Waals surface area contributed by atoms with E-state index in [1.54, 1.807) is 0 Å². The standard InChI is InChI=1S/C22H30O4/c1-5-13-25-18-10-12-22(26-14-6-2)20(16-18)19-15-17(23-7-3)9-11-21(19)24-8-4/h9-12,15-16H,5-8,13-14H2,1-4H3. The number of benzene rings is 2. The van der Waals surface area contributed by atoms with Crippen LogP contribution in [0.5, 0.6) is 23.0 Å². The van der Waals surface area contributed by atoms with E-state index in [-0.39, 0.29) is 0 Å². The second-order valence-corrected chi connectivity index (χ2v) is 5.88. The molecule has 26 heavy (non-hydrogen) atoms. The second kappa shape index (κ2) is 10.6. The molecule has 4 nitrogen and oxygen atoms in total. The first-order valence-corrected chi connectivity index (χ1v) is 9.53. The molecule has 0 aliphatic rings. The molecule has 0 aliphatic heterocycles. The maximum Gasteiger partial charge on any atom is 0.127 e. The van der Waals surface area contributed by atoms with Crippen molar-refractivity contribution in [2.24, 2.45) is 0 Å². The van der Waals surface area contributed by atoms with E-state index in [1.165, 1.54) is 0 Å². The molecule has 2 aromatic carbocycles. The van der Waals surface area contributed by atoms with Gasteiger partial charge in [-0.15, -0.1) is 0 Å². The minimum atomic E-state index is 0.595. The van der Waals surface area contributed by atoms with E-state index in [4.69, 9.17) is 18.9 Å². The summed E-state index contributed by atoms with van der Waals surface area (Å²) < 4.78 is 23.4. The third-order valence-corrected chi connectivity index (χ3v) is 3.74. The van der Waals surface area contributed by atoms with Crippen LogP contribution in [0.2, 0.25) is 0 Å². The number of hydrogen-bond acceptors (Lipinski definition) is 4. The van der Waals surface area contributed by atoms with Gasteiger partial charge in [0.25, 0.3) is 0 Å². The molecule has 0 saturated carbocycles. The molecule has 0 N–H and O–H groups in total. The van der Waals surface area contributed by atoms with Crippen LogP contribution in [0.3, 0.4) is 0 Å². The monoisotopic (exact) mass is 358 g/mol. The van der Waals surface area contributed by atoms with Crippen molar-refractivity contribution in [1.29, 1.82) is 0 Å². The molecule has 0 aromatic heterocycles. The molecule has 0 saturated heterocycles. The molecule has 0 fully saturated rings. The first-order chi connectivity index (χ1) is 12.7. The lowest BCUT2D eigenvalue weighted by atomic mass is 10.0. The van der Waals surface area contributed by atoms with E-state index in [9.17, 15) is 0 Å². The van der Waals surface area contributed by atoms with Crippen LogP contribution in [0.1, 0.15) is 40.5 Å². The Morgan fingerprint density at radius 1 is 0.577 bits per heavy atom. The summed E-state index contributed by atoms with van der Waals surface area (Å²) >= 11 is 0. The van der Waals surface area contributed by atoms with Gasteiger partial charge in [-0.3, -0.25) is 0 Å². The third kappa shape index (κ3) is 5.32. The predicted octanol–water partition coefficient (Wildman–Crippen LogP) is 5.73. The summed E-state index contributed by atoms with van der Waals surface area (Å²) in [7, 11) is 0. The fourth-order valence-corrected chi connectivity index (χ4v) is 2.62. The predicted molar refractivity (Wildman–Crippen MR) is 106 cm³/mol. The lowest BCUT2D eigenvalue weighted by Crippen LogP contribution is -2.01. The Hall–Kier alpha value is -2.36. The van der Waals surface area contributed by atoms with Crippen LogP contribution in [0.15, 0.2) is 36.4 Å². The van der Waals surface area contributed by atoms with Crippen molar-refractivity contribution in [3.8, 4) is 34.1 Å². The van der Waals surface area contributed by atoms with Crippen LogP contribution >= 0.6 is 0 Å². The Bertz CT molecular complexity index is 682. The molecule has 142 valence electrons. The van der Waals surface area contributed by atoms with Gasteiger partial charge in [0.1, 0.15) is 23.0 Å². The van der Waals surface area contributed by atoms with E-state index in [1.807, 2.05) is 50.2 Å². The molecular formula is C22H30O4. The molecule has 0 bridgehead atoms. The zero-order valence-corrected chi connectivity index (χ0v) is 16.3. The first kappa shape index (κ1) is 20.0. The van der Waals surface area contributed by atoms with E-state index >= 15 is 0 Å². The van der Waals surface area contributed by atoms with Gasteiger partial charge in [0.2, 0.25) is 0 Å². The number of hydrogen-bond donors (Lipinski definition) is 0. The SMILES string of the molecule is CCCOc1ccc(OCCC)c(-c2cc(OCC)ccc2OCC)c1. The Balaban J connectivity index is 2.52. The van der Waals surface area contributed by atoms with Crippen molar-refractivity contribution >= 4 is 0 Å². The summed E-state index contributed by atoms with van der Waals surface area (Å²) in [6.45, 7) is 10.7. The van der Waals surface area contributed by atoms with Gasteiger partial charge < -0.3 is 18.9 Å². The van der Waals surface area contributed by atoms with Gasteiger partial charge in [0.05, 0.1) is 26.4 Å². The molecule has 0 spiro atoms. The molecule has 0 atom stereocenters. The fourth-order valence-electron chi connectivity index (χ4n) is 2.62. The third-order valence-electron chi connectivity index (χ3n) is 3.74. The van der Waals surface area contributed by atoms with Crippen molar-refractivity contribution in [2.75, 3.05) is 26.4 Å². The van der Waals surface area contributed by atoms with Gasteiger partial charge >= 0.3 is 0 Å². The van der Waals surface area contributed by atoms with Gasteiger partial charge in [-0.25, -0.2) is 0 Å². The molecular weight excluding hydrogens is 328 g/mol. The summed E-state index contributed by atoms with van der Waals surface area (Å²) in [5.41, 5.74) is 1.91. The molecule has 0 aliphatic carbocycles.